The number of nitrogens with one attached hydrogen (secondary N) is 2. The average Bonchev–Trinajstić information content (AvgIpc) is 2.78. The van der Waals surface area contributed by atoms with Crippen LogP contribution in [0.4, 0.5) is 0 Å². The van der Waals surface area contributed by atoms with Gasteiger partial charge in [0.2, 0.25) is 20.0 Å². The highest BCUT2D eigenvalue weighted by Crippen LogP contribution is 2.27. The molecule has 0 radical (unpaired) electrons. The van der Waals surface area contributed by atoms with Gasteiger partial charge in [0.05, 0.1) is 17.6 Å². The summed E-state index contributed by atoms with van der Waals surface area (Å²) in [4.78, 5) is -0.134. The van der Waals surface area contributed by atoms with Crippen LogP contribution in [0.5, 0.6) is 11.5 Å². The Morgan fingerprint density at radius 2 is 1.79 bits per heavy atom. The summed E-state index contributed by atoms with van der Waals surface area (Å²) in [5.74, 6) is 0.211. The van der Waals surface area contributed by atoms with Gasteiger partial charge in [-0.15, -0.1) is 0 Å². The molecule has 12 heteroatoms. The number of aliphatic hydroxyl groups is 1. The monoisotopic (exact) mass is 513 g/mol. The van der Waals surface area contributed by atoms with E-state index < -0.39 is 31.9 Å². The lowest BCUT2D eigenvalue weighted by Crippen LogP contribution is -2.60. The number of sulfonamides is 2. The largest absolute Gasteiger partial charge is 0.507 e. The van der Waals surface area contributed by atoms with Gasteiger partial charge in [0.15, 0.2) is 0 Å². The number of phenolic OH excluding ortho intramolecular Hbond substituents is 1. The molecule has 1 heterocycles. The van der Waals surface area contributed by atoms with Crippen molar-refractivity contribution in [1.29, 1.82) is 0 Å². The molecule has 1 unspecified atom stereocenters. The Bertz CT molecular complexity index is 1180. The minimum Gasteiger partial charge on any atom is -0.507 e. The summed E-state index contributed by atoms with van der Waals surface area (Å²) in [5.41, 5.74) is 0.309. The van der Waals surface area contributed by atoms with E-state index in [9.17, 15) is 27.0 Å². The lowest BCUT2D eigenvalue weighted by molar-refractivity contribution is 0.149. The summed E-state index contributed by atoms with van der Waals surface area (Å²) in [6.07, 6.45) is 0.902. The first-order valence-electron chi connectivity index (χ1n) is 11.0. The number of hydrogen-bond donors (Lipinski definition) is 4. The topological polar surface area (TPSA) is 145 Å². The van der Waals surface area contributed by atoms with Crippen molar-refractivity contribution in [2.24, 2.45) is 0 Å². The molecule has 2 aromatic rings. The quantitative estimate of drug-likeness (QED) is 0.310. The highest BCUT2D eigenvalue weighted by Gasteiger charge is 2.36. The van der Waals surface area contributed by atoms with Crippen molar-refractivity contribution in [1.82, 2.24) is 14.3 Å². The lowest BCUT2D eigenvalue weighted by atomic mass is 10.1. The second kappa shape index (κ2) is 11.0. The third-order valence-electron chi connectivity index (χ3n) is 5.60. The summed E-state index contributed by atoms with van der Waals surface area (Å²) in [6, 6.07) is 10.1. The van der Waals surface area contributed by atoms with Crippen LogP contribution >= 0.6 is 0 Å². The zero-order valence-corrected chi connectivity index (χ0v) is 20.8. The van der Waals surface area contributed by atoms with Crippen molar-refractivity contribution in [3.63, 3.8) is 0 Å². The molecule has 4 N–H and O–H groups in total. The van der Waals surface area contributed by atoms with Gasteiger partial charge < -0.3 is 20.3 Å². The summed E-state index contributed by atoms with van der Waals surface area (Å²) in [7, 11) is -6.28. The minimum atomic E-state index is -3.88. The molecule has 0 bridgehead atoms. The van der Waals surface area contributed by atoms with Gasteiger partial charge >= 0.3 is 0 Å². The summed E-state index contributed by atoms with van der Waals surface area (Å²) < 4.78 is 58.7. The van der Waals surface area contributed by atoms with Gasteiger partial charge in [0.25, 0.3) is 0 Å². The van der Waals surface area contributed by atoms with E-state index in [0.717, 1.165) is 12.8 Å². The van der Waals surface area contributed by atoms with Crippen LogP contribution < -0.4 is 14.8 Å². The molecule has 1 saturated heterocycles. The molecule has 1 atom stereocenters. The van der Waals surface area contributed by atoms with Crippen LogP contribution in [0, 0.1) is 0 Å². The molecular formula is C22H31N3O7S2. The van der Waals surface area contributed by atoms with Crippen LogP contribution in [-0.4, -0.2) is 70.7 Å². The van der Waals surface area contributed by atoms with Crippen LogP contribution in [0.15, 0.2) is 52.3 Å². The zero-order valence-electron chi connectivity index (χ0n) is 19.1. The number of hydrogen-bond acceptors (Lipinski definition) is 8. The first-order chi connectivity index (χ1) is 16.1. The number of benzene rings is 2. The first-order valence-corrected chi connectivity index (χ1v) is 13.9. The number of rotatable bonds is 12. The standard InChI is InChI=1S/C22H31N3O7S2/c1-3-4-11-32-18-6-8-19(9-7-18)34(30,31)25-14-17(15-25)24-13-21(27)16-5-10-20(26)22(12-16)33(28,29)23-2/h5-10,12,17,21,23-24,26-27H,3-4,11,13-15H2,1-2H3. The predicted octanol–water partition coefficient (Wildman–Crippen LogP) is 1.18. The molecule has 1 aliphatic rings. The zero-order chi connectivity index (χ0) is 24.9. The third-order valence-corrected chi connectivity index (χ3v) is 8.89. The van der Waals surface area contributed by atoms with Crippen LogP contribution in [0.3, 0.4) is 0 Å². The Morgan fingerprint density at radius 1 is 1.12 bits per heavy atom. The Balaban J connectivity index is 1.53. The Morgan fingerprint density at radius 3 is 2.41 bits per heavy atom. The van der Waals surface area contributed by atoms with Crippen molar-refractivity contribution in [2.75, 3.05) is 33.3 Å². The van der Waals surface area contributed by atoms with Gasteiger partial charge in [-0.2, -0.15) is 4.31 Å². The van der Waals surface area contributed by atoms with Gasteiger partial charge in [0.1, 0.15) is 16.4 Å². The maximum Gasteiger partial charge on any atom is 0.243 e. The second-order valence-electron chi connectivity index (χ2n) is 8.05. The number of aromatic hydroxyl groups is 1. The van der Waals surface area contributed by atoms with Gasteiger partial charge in [-0.05, 0) is 55.4 Å². The number of ether oxygens (including phenoxy) is 1. The van der Waals surface area contributed by atoms with Crippen LogP contribution in [0.1, 0.15) is 31.4 Å². The van der Waals surface area contributed by atoms with E-state index >= 15 is 0 Å². The van der Waals surface area contributed by atoms with Crippen molar-refractivity contribution >= 4 is 20.0 Å². The Hall–Kier alpha value is -2.22. The first kappa shape index (κ1) is 26.4. The number of unbranched alkanes of at least 4 members (excludes halogenated alkanes) is 1. The van der Waals surface area contributed by atoms with Crippen molar-refractivity contribution in [3.05, 3.63) is 48.0 Å². The van der Waals surface area contributed by atoms with E-state index in [0.29, 0.717) is 17.9 Å². The van der Waals surface area contributed by atoms with Crippen LogP contribution in [-0.2, 0) is 20.0 Å². The lowest BCUT2D eigenvalue weighted by Gasteiger charge is -2.39. The fourth-order valence-corrected chi connectivity index (χ4v) is 5.80. The Labute approximate surface area is 200 Å². The predicted molar refractivity (Wildman–Crippen MR) is 127 cm³/mol. The molecule has 34 heavy (non-hydrogen) atoms. The van der Waals surface area contributed by atoms with E-state index in [4.69, 9.17) is 4.74 Å². The molecule has 1 aliphatic heterocycles. The van der Waals surface area contributed by atoms with Crippen LogP contribution in [0.2, 0.25) is 0 Å². The summed E-state index contributed by atoms with van der Waals surface area (Å²) in [6.45, 7) is 3.24. The van der Waals surface area contributed by atoms with E-state index in [1.807, 2.05) is 0 Å². The van der Waals surface area contributed by atoms with Gasteiger partial charge in [0, 0.05) is 25.7 Å². The molecule has 0 saturated carbocycles. The van der Waals surface area contributed by atoms with E-state index in [1.165, 1.54) is 41.7 Å². The SMILES string of the molecule is CCCCOc1ccc(S(=O)(=O)N2CC(NCC(O)c3ccc(O)c(S(=O)(=O)NC)c3)C2)cc1. The molecular weight excluding hydrogens is 482 g/mol. The van der Waals surface area contributed by atoms with E-state index in [1.54, 1.807) is 12.1 Å². The molecule has 2 aromatic carbocycles. The molecule has 188 valence electrons. The second-order valence-corrected chi connectivity index (χ2v) is 11.8. The highest BCUT2D eigenvalue weighted by atomic mass is 32.2. The van der Waals surface area contributed by atoms with Crippen molar-refractivity contribution in [2.45, 2.75) is 41.7 Å². The number of phenols is 1. The molecule has 0 spiro atoms. The van der Waals surface area contributed by atoms with E-state index in [-0.39, 0.29) is 35.5 Å². The minimum absolute atomic E-state index is 0.0895. The third kappa shape index (κ3) is 6.06. The van der Waals surface area contributed by atoms with Crippen molar-refractivity contribution in [3.8, 4) is 11.5 Å². The summed E-state index contributed by atoms with van der Waals surface area (Å²) >= 11 is 0. The molecule has 0 amide bonds. The highest BCUT2D eigenvalue weighted by molar-refractivity contribution is 7.89. The normalized spacial score (nSPS) is 16.2. The summed E-state index contributed by atoms with van der Waals surface area (Å²) in [5, 5.41) is 23.4. The molecule has 1 fully saturated rings. The fraction of sp³-hybridized carbons (Fsp3) is 0.455. The van der Waals surface area contributed by atoms with E-state index in [2.05, 4.69) is 17.0 Å². The molecule has 3 rings (SSSR count). The van der Waals surface area contributed by atoms with Gasteiger partial charge in [-0.25, -0.2) is 21.6 Å². The fourth-order valence-electron chi connectivity index (χ4n) is 3.41. The number of aliphatic hydroxyl groups excluding tert-OH is 1. The van der Waals surface area contributed by atoms with Gasteiger partial charge in [-0.1, -0.05) is 19.4 Å². The van der Waals surface area contributed by atoms with Crippen molar-refractivity contribution < 1.29 is 31.8 Å². The van der Waals surface area contributed by atoms with Gasteiger partial charge in [-0.3, -0.25) is 0 Å². The molecule has 0 aromatic heterocycles. The maximum atomic E-state index is 12.8. The smallest absolute Gasteiger partial charge is 0.243 e. The Kier molecular flexibility index (Phi) is 8.55. The number of nitrogens with zero attached hydrogens (tertiary/aromatic N) is 1. The van der Waals surface area contributed by atoms with Crippen LogP contribution in [0.25, 0.3) is 0 Å². The maximum absolute atomic E-state index is 12.8. The molecule has 0 aliphatic carbocycles. The molecule has 10 nitrogen and oxygen atoms in total. The average molecular weight is 514 g/mol.